The summed E-state index contributed by atoms with van der Waals surface area (Å²) < 4.78 is 7.46. The molecule has 1 amide bonds. The fraction of sp³-hybridized carbons (Fsp3) is 0.421. The summed E-state index contributed by atoms with van der Waals surface area (Å²) in [5.74, 6) is -0.0842. The SMILES string of the molecule is O=C(O)c1cnn(C2CCN(C(=O)C3COc4ccccc4C3)CC2)c1. The van der Waals surface area contributed by atoms with E-state index in [-0.39, 0.29) is 23.4 Å². The normalized spacial score (nSPS) is 20.3. The third kappa shape index (κ3) is 3.16. The highest BCUT2D eigenvalue weighted by Gasteiger charge is 2.32. The Hall–Kier alpha value is -2.83. The summed E-state index contributed by atoms with van der Waals surface area (Å²) in [7, 11) is 0. The van der Waals surface area contributed by atoms with Gasteiger partial charge in [-0.1, -0.05) is 18.2 Å². The quantitative estimate of drug-likeness (QED) is 0.910. The van der Waals surface area contributed by atoms with Crippen molar-refractivity contribution < 1.29 is 19.4 Å². The van der Waals surface area contributed by atoms with Gasteiger partial charge in [-0.25, -0.2) is 4.79 Å². The van der Waals surface area contributed by atoms with Gasteiger partial charge in [0.2, 0.25) is 5.91 Å². The van der Waals surface area contributed by atoms with Crippen molar-refractivity contribution in [3.05, 3.63) is 47.8 Å². The van der Waals surface area contributed by atoms with Crippen LogP contribution in [-0.2, 0) is 11.2 Å². The van der Waals surface area contributed by atoms with Crippen molar-refractivity contribution in [1.29, 1.82) is 0 Å². The first kappa shape index (κ1) is 16.6. The first-order chi connectivity index (χ1) is 12.6. The molecule has 1 aromatic heterocycles. The number of carbonyl (C=O) groups excluding carboxylic acids is 1. The Bertz CT molecular complexity index is 824. The Morgan fingerprint density at radius 1 is 1.19 bits per heavy atom. The zero-order valence-electron chi connectivity index (χ0n) is 14.4. The van der Waals surface area contributed by atoms with E-state index in [9.17, 15) is 9.59 Å². The van der Waals surface area contributed by atoms with Gasteiger partial charge in [0, 0.05) is 19.3 Å². The minimum absolute atomic E-state index is 0.134. The number of piperidine rings is 1. The maximum Gasteiger partial charge on any atom is 0.338 e. The number of hydrogen-bond acceptors (Lipinski definition) is 4. The lowest BCUT2D eigenvalue weighted by molar-refractivity contribution is -0.138. The van der Waals surface area contributed by atoms with Crippen LogP contribution < -0.4 is 4.74 Å². The van der Waals surface area contributed by atoms with E-state index in [4.69, 9.17) is 9.84 Å². The van der Waals surface area contributed by atoms with E-state index < -0.39 is 5.97 Å². The summed E-state index contributed by atoms with van der Waals surface area (Å²) in [5.41, 5.74) is 1.28. The molecule has 0 bridgehead atoms. The zero-order valence-corrected chi connectivity index (χ0v) is 14.4. The summed E-state index contributed by atoms with van der Waals surface area (Å²) in [6, 6.07) is 8.00. The highest BCUT2D eigenvalue weighted by Crippen LogP contribution is 2.29. The topological polar surface area (TPSA) is 84.7 Å². The molecule has 26 heavy (non-hydrogen) atoms. The van der Waals surface area contributed by atoms with Crippen LogP contribution in [0.1, 0.15) is 34.8 Å². The monoisotopic (exact) mass is 355 g/mol. The molecule has 1 aromatic carbocycles. The number of nitrogens with zero attached hydrogens (tertiary/aromatic N) is 3. The number of carbonyl (C=O) groups is 2. The molecule has 136 valence electrons. The van der Waals surface area contributed by atoms with Crippen LogP contribution >= 0.6 is 0 Å². The van der Waals surface area contributed by atoms with E-state index in [1.165, 1.54) is 6.20 Å². The maximum atomic E-state index is 12.8. The van der Waals surface area contributed by atoms with Crippen LogP contribution in [0.2, 0.25) is 0 Å². The van der Waals surface area contributed by atoms with Crippen LogP contribution in [0.15, 0.2) is 36.7 Å². The van der Waals surface area contributed by atoms with E-state index in [1.54, 1.807) is 10.9 Å². The molecule has 1 atom stereocenters. The van der Waals surface area contributed by atoms with Crippen LogP contribution in [0.4, 0.5) is 0 Å². The molecule has 4 rings (SSSR count). The van der Waals surface area contributed by atoms with Crippen LogP contribution in [0, 0.1) is 5.92 Å². The van der Waals surface area contributed by atoms with Gasteiger partial charge in [-0.2, -0.15) is 5.10 Å². The van der Waals surface area contributed by atoms with Gasteiger partial charge in [0.25, 0.3) is 0 Å². The number of carboxylic acids is 1. The second kappa shape index (κ2) is 6.82. The number of hydrogen-bond donors (Lipinski definition) is 1. The highest BCUT2D eigenvalue weighted by atomic mass is 16.5. The largest absolute Gasteiger partial charge is 0.492 e. The molecule has 0 saturated carbocycles. The fourth-order valence-corrected chi connectivity index (χ4v) is 3.74. The lowest BCUT2D eigenvalue weighted by atomic mass is 9.94. The molecule has 2 aromatic rings. The van der Waals surface area contributed by atoms with Gasteiger partial charge in [0.05, 0.1) is 23.7 Å². The number of amides is 1. The van der Waals surface area contributed by atoms with Gasteiger partial charge in [0.15, 0.2) is 0 Å². The van der Waals surface area contributed by atoms with Crippen LogP contribution in [0.5, 0.6) is 5.75 Å². The number of fused-ring (bicyclic) bond motifs is 1. The molecular formula is C19H21N3O4. The van der Waals surface area contributed by atoms with Crippen molar-refractivity contribution in [3.63, 3.8) is 0 Å². The van der Waals surface area contributed by atoms with Crippen molar-refractivity contribution in [2.24, 2.45) is 5.92 Å². The number of ether oxygens (including phenoxy) is 1. The van der Waals surface area contributed by atoms with E-state index in [0.717, 1.165) is 30.6 Å². The Morgan fingerprint density at radius 3 is 2.69 bits per heavy atom. The van der Waals surface area contributed by atoms with E-state index in [1.807, 2.05) is 29.2 Å². The molecule has 1 fully saturated rings. The van der Waals surface area contributed by atoms with Gasteiger partial charge in [0.1, 0.15) is 12.4 Å². The standard InChI is InChI=1S/C19H21N3O4/c23-18(14-9-13-3-1-2-4-17(13)26-12-14)21-7-5-16(6-8-21)22-11-15(10-20-22)19(24)25/h1-4,10-11,14,16H,5-9,12H2,(H,24,25). The third-order valence-corrected chi connectivity index (χ3v) is 5.23. The molecule has 1 N–H and O–H groups in total. The minimum Gasteiger partial charge on any atom is -0.492 e. The second-order valence-corrected chi connectivity index (χ2v) is 6.89. The first-order valence-electron chi connectivity index (χ1n) is 8.89. The van der Waals surface area contributed by atoms with Gasteiger partial charge in [-0.05, 0) is 30.9 Å². The maximum absolute atomic E-state index is 12.8. The average molecular weight is 355 g/mol. The number of aromatic nitrogens is 2. The smallest absolute Gasteiger partial charge is 0.338 e. The van der Waals surface area contributed by atoms with Crippen LogP contribution in [-0.4, -0.2) is 51.4 Å². The Labute approximate surface area is 151 Å². The van der Waals surface area contributed by atoms with Crippen molar-refractivity contribution in [1.82, 2.24) is 14.7 Å². The molecule has 2 aliphatic heterocycles. The minimum atomic E-state index is -0.971. The van der Waals surface area contributed by atoms with E-state index >= 15 is 0 Å². The fourth-order valence-electron chi connectivity index (χ4n) is 3.74. The number of carboxylic acid groups (broad SMARTS) is 1. The molecule has 0 aliphatic carbocycles. The molecule has 2 aliphatic rings. The summed E-state index contributed by atoms with van der Waals surface area (Å²) in [6.07, 6.45) is 5.20. The molecule has 1 unspecified atom stereocenters. The highest BCUT2D eigenvalue weighted by molar-refractivity contribution is 5.86. The number of likely N-dealkylation sites (tertiary alicyclic amines) is 1. The van der Waals surface area contributed by atoms with Crippen molar-refractivity contribution in [3.8, 4) is 5.75 Å². The molecular weight excluding hydrogens is 334 g/mol. The van der Waals surface area contributed by atoms with Crippen molar-refractivity contribution >= 4 is 11.9 Å². The lowest BCUT2D eigenvalue weighted by Gasteiger charge is -2.35. The summed E-state index contributed by atoms with van der Waals surface area (Å²) in [5, 5.41) is 13.2. The Morgan fingerprint density at radius 2 is 1.96 bits per heavy atom. The predicted octanol–water partition coefficient (Wildman–Crippen LogP) is 2.00. The number of benzene rings is 1. The number of para-hydroxylation sites is 1. The molecule has 0 radical (unpaired) electrons. The second-order valence-electron chi connectivity index (χ2n) is 6.89. The Kier molecular flexibility index (Phi) is 4.36. The Balaban J connectivity index is 1.36. The summed E-state index contributed by atoms with van der Waals surface area (Å²) in [4.78, 5) is 25.7. The van der Waals surface area contributed by atoms with Crippen LogP contribution in [0.3, 0.4) is 0 Å². The summed E-state index contributed by atoms with van der Waals surface area (Å²) >= 11 is 0. The third-order valence-electron chi connectivity index (χ3n) is 5.23. The number of aromatic carboxylic acids is 1. The van der Waals surface area contributed by atoms with E-state index in [0.29, 0.717) is 19.7 Å². The molecule has 3 heterocycles. The zero-order chi connectivity index (χ0) is 18.1. The van der Waals surface area contributed by atoms with Crippen LogP contribution in [0.25, 0.3) is 0 Å². The van der Waals surface area contributed by atoms with E-state index in [2.05, 4.69) is 5.10 Å². The first-order valence-corrected chi connectivity index (χ1v) is 8.89. The molecule has 0 spiro atoms. The molecule has 7 nitrogen and oxygen atoms in total. The summed E-state index contributed by atoms with van der Waals surface area (Å²) in [6.45, 7) is 1.74. The van der Waals surface area contributed by atoms with Gasteiger partial charge in [-0.15, -0.1) is 0 Å². The predicted molar refractivity (Wildman–Crippen MR) is 93.2 cm³/mol. The van der Waals surface area contributed by atoms with Crippen molar-refractivity contribution in [2.75, 3.05) is 19.7 Å². The van der Waals surface area contributed by atoms with Crippen molar-refractivity contribution in [2.45, 2.75) is 25.3 Å². The van der Waals surface area contributed by atoms with Gasteiger partial charge in [-0.3, -0.25) is 9.48 Å². The van der Waals surface area contributed by atoms with Gasteiger partial charge >= 0.3 is 5.97 Å². The molecule has 1 saturated heterocycles. The molecule has 7 heteroatoms. The lowest BCUT2D eigenvalue weighted by Crippen LogP contribution is -2.45. The van der Waals surface area contributed by atoms with Gasteiger partial charge < -0.3 is 14.7 Å². The number of rotatable bonds is 3. The average Bonchev–Trinajstić information content (AvgIpc) is 3.18.